The highest BCUT2D eigenvalue weighted by molar-refractivity contribution is 6.31. The third-order valence-corrected chi connectivity index (χ3v) is 3.09. The Morgan fingerprint density at radius 1 is 1.65 bits per heavy atom. The summed E-state index contributed by atoms with van der Waals surface area (Å²) in [5.41, 5.74) is 0.412. The van der Waals surface area contributed by atoms with E-state index in [1.807, 2.05) is 32.4 Å². The molecule has 1 N–H and O–H groups in total. The van der Waals surface area contributed by atoms with Gasteiger partial charge in [0.05, 0.1) is 23.0 Å². The van der Waals surface area contributed by atoms with Crippen molar-refractivity contribution in [1.29, 1.82) is 5.26 Å². The van der Waals surface area contributed by atoms with Crippen LogP contribution in [0.3, 0.4) is 0 Å². The van der Waals surface area contributed by atoms with Crippen molar-refractivity contribution in [3.63, 3.8) is 0 Å². The summed E-state index contributed by atoms with van der Waals surface area (Å²) in [4.78, 5) is 0. The number of rotatable bonds is 5. The van der Waals surface area contributed by atoms with Crippen LogP contribution in [0.2, 0.25) is 5.02 Å². The molecule has 5 heteroatoms. The van der Waals surface area contributed by atoms with Crippen LogP contribution in [0.15, 0.2) is 6.20 Å². The van der Waals surface area contributed by atoms with Gasteiger partial charge in [-0.3, -0.25) is 10.00 Å². The van der Waals surface area contributed by atoms with Crippen molar-refractivity contribution in [1.82, 2.24) is 15.1 Å². The largest absolute Gasteiger partial charge is 0.297 e. The average Bonchev–Trinajstić information content (AvgIpc) is 2.56. The maximum atomic E-state index is 9.22. The molecule has 0 aliphatic heterocycles. The van der Waals surface area contributed by atoms with E-state index < -0.39 is 5.54 Å². The van der Waals surface area contributed by atoms with Gasteiger partial charge >= 0.3 is 0 Å². The van der Waals surface area contributed by atoms with E-state index in [1.54, 1.807) is 6.20 Å². The molecule has 0 aliphatic rings. The molecule has 1 atom stereocenters. The van der Waals surface area contributed by atoms with E-state index in [-0.39, 0.29) is 6.04 Å². The third kappa shape index (κ3) is 3.72. The Balaban J connectivity index is 2.66. The van der Waals surface area contributed by atoms with Gasteiger partial charge in [0, 0.05) is 12.6 Å². The summed E-state index contributed by atoms with van der Waals surface area (Å²) in [6.45, 7) is 8.59. The summed E-state index contributed by atoms with van der Waals surface area (Å²) < 4.78 is 1.83. The molecule has 0 radical (unpaired) electrons. The van der Waals surface area contributed by atoms with E-state index in [4.69, 9.17) is 11.6 Å². The molecule has 17 heavy (non-hydrogen) atoms. The third-order valence-electron chi connectivity index (χ3n) is 2.72. The number of nitrogens with zero attached hydrogens (tertiary/aromatic N) is 3. The van der Waals surface area contributed by atoms with Crippen LogP contribution in [0.25, 0.3) is 0 Å². The number of hydrogen-bond donors (Lipinski definition) is 1. The van der Waals surface area contributed by atoms with E-state index in [0.29, 0.717) is 18.0 Å². The summed E-state index contributed by atoms with van der Waals surface area (Å²) in [5.74, 6) is 0. The lowest BCUT2D eigenvalue weighted by molar-refractivity contribution is 0.353. The first-order valence-corrected chi connectivity index (χ1v) is 6.12. The van der Waals surface area contributed by atoms with Gasteiger partial charge in [-0.05, 0) is 34.1 Å². The van der Waals surface area contributed by atoms with Crippen LogP contribution in [0.5, 0.6) is 0 Å². The number of aryl methyl sites for hydroxylation is 1. The van der Waals surface area contributed by atoms with Crippen LogP contribution in [0.1, 0.15) is 32.9 Å². The van der Waals surface area contributed by atoms with Crippen LogP contribution in [0, 0.1) is 18.3 Å². The van der Waals surface area contributed by atoms with Gasteiger partial charge < -0.3 is 0 Å². The summed E-state index contributed by atoms with van der Waals surface area (Å²) in [6.07, 6.45) is 2.33. The van der Waals surface area contributed by atoms with Crippen molar-refractivity contribution in [3.8, 4) is 6.07 Å². The highest BCUT2D eigenvalue weighted by Gasteiger charge is 2.24. The Labute approximate surface area is 108 Å². The maximum absolute atomic E-state index is 9.22. The second-order valence-corrected chi connectivity index (χ2v) is 5.20. The van der Waals surface area contributed by atoms with Crippen molar-refractivity contribution < 1.29 is 0 Å². The highest BCUT2D eigenvalue weighted by atomic mass is 35.5. The summed E-state index contributed by atoms with van der Waals surface area (Å²) in [7, 11) is 0. The van der Waals surface area contributed by atoms with E-state index in [9.17, 15) is 5.26 Å². The van der Waals surface area contributed by atoms with Gasteiger partial charge in [-0.15, -0.1) is 0 Å². The average molecular weight is 255 g/mol. The molecule has 1 heterocycles. The van der Waals surface area contributed by atoms with Gasteiger partial charge in [-0.2, -0.15) is 10.4 Å². The van der Waals surface area contributed by atoms with Crippen molar-refractivity contribution >= 4 is 11.6 Å². The highest BCUT2D eigenvalue weighted by Crippen LogP contribution is 2.16. The lowest BCUT2D eigenvalue weighted by Gasteiger charge is -2.26. The SMILES string of the molecule is Cc1c(Cl)cnn1CCC(C)(C#N)NC(C)C. The number of nitrogens with one attached hydrogen (secondary N) is 1. The Kier molecular flexibility index (Phi) is 4.55. The monoisotopic (exact) mass is 254 g/mol. The van der Waals surface area contributed by atoms with Crippen molar-refractivity contribution in [2.45, 2.75) is 52.2 Å². The van der Waals surface area contributed by atoms with Gasteiger partial charge in [0.2, 0.25) is 0 Å². The molecule has 0 bridgehead atoms. The molecule has 1 rings (SSSR count). The normalized spacial score (nSPS) is 14.6. The molecule has 0 amide bonds. The quantitative estimate of drug-likeness (QED) is 0.879. The molecular formula is C12H19ClN4. The summed E-state index contributed by atoms with van der Waals surface area (Å²) in [5, 5.41) is 17.3. The zero-order valence-electron chi connectivity index (χ0n) is 10.8. The Morgan fingerprint density at radius 2 is 2.29 bits per heavy atom. The number of nitriles is 1. The van der Waals surface area contributed by atoms with E-state index in [1.165, 1.54) is 0 Å². The van der Waals surface area contributed by atoms with Gasteiger partial charge in [0.25, 0.3) is 0 Å². The lowest BCUT2D eigenvalue weighted by atomic mass is 9.99. The van der Waals surface area contributed by atoms with Gasteiger partial charge in [0.15, 0.2) is 0 Å². The van der Waals surface area contributed by atoms with Crippen molar-refractivity contribution in [3.05, 3.63) is 16.9 Å². The molecule has 0 aromatic carbocycles. The van der Waals surface area contributed by atoms with E-state index in [0.717, 1.165) is 5.69 Å². The molecule has 4 nitrogen and oxygen atoms in total. The van der Waals surface area contributed by atoms with E-state index >= 15 is 0 Å². The van der Waals surface area contributed by atoms with Gasteiger partial charge in [-0.25, -0.2) is 0 Å². The maximum Gasteiger partial charge on any atom is 0.105 e. The molecule has 1 unspecified atom stereocenters. The fraction of sp³-hybridized carbons (Fsp3) is 0.667. The first kappa shape index (κ1) is 14.0. The number of aromatic nitrogens is 2. The smallest absolute Gasteiger partial charge is 0.105 e. The molecule has 94 valence electrons. The molecule has 0 saturated heterocycles. The van der Waals surface area contributed by atoms with Crippen LogP contribution in [-0.2, 0) is 6.54 Å². The fourth-order valence-corrected chi connectivity index (χ4v) is 1.92. The Morgan fingerprint density at radius 3 is 2.71 bits per heavy atom. The minimum Gasteiger partial charge on any atom is -0.297 e. The lowest BCUT2D eigenvalue weighted by Crippen LogP contribution is -2.45. The summed E-state index contributed by atoms with van der Waals surface area (Å²) in [6, 6.07) is 2.60. The van der Waals surface area contributed by atoms with Gasteiger partial charge in [0.1, 0.15) is 5.54 Å². The standard InChI is InChI=1S/C12H19ClN4/c1-9(2)16-12(4,8-14)5-6-17-10(3)11(13)7-15-17/h7,9,16H,5-6H2,1-4H3. The Hall–Kier alpha value is -1.05. The zero-order chi connectivity index (χ0) is 13.1. The minimum absolute atomic E-state index is 0.280. The molecule has 0 spiro atoms. The molecule has 0 aliphatic carbocycles. The fourth-order valence-electron chi connectivity index (χ4n) is 1.78. The number of halogens is 1. The molecule has 1 aromatic heterocycles. The Bertz CT molecular complexity index is 419. The van der Waals surface area contributed by atoms with Crippen molar-refractivity contribution in [2.24, 2.45) is 0 Å². The second-order valence-electron chi connectivity index (χ2n) is 4.79. The minimum atomic E-state index is -0.529. The van der Waals surface area contributed by atoms with Crippen molar-refractivity contribution in [2.75, 3.05) is 0 Å². The molecule has 0 saturated carbocycles. The molecule has 0 fully saturated rings. The predicted octanol–water partition coefficient (Wildman–Crippen LogP) is 2.52. The first-order valence-electron chi connectivity index (χ1n) is 5.75. The number of hydrogen-bond acceptors (Lipinski definition) is 3. The predicted molar refractivity (Wildman–Crippen MR) is 68.9 cm³/mol. The van der Waals surface area contributed by atoms with Gasteiger partial charge in [-0.1, -0.05) is 11.6 Å². The van der Waals surface area contributed by atoms with E-state index in [2.05, 4.69) is 16.5 Å². The topological polar surface area (TPSA) is 53.6 Å². The van der Waals surface area contributed by atoms with Crippen LogP contribution in [0.4, 0.5) is 0 Å². The van der Waals surface area contributed by atoms with Crippen LogP contribution < -0.4 is 5.32 Å². The van der Waals surface area contributed by atoms with Crippen LogP contribution >= 0.6 is 11.6 Å². The van der Waals surface area contributed by atoms with Crippen LogP contribution in [-0.4, -0.2) is 21.4 Å². The summed E-state index contributed by atoms with van der Waals surface area (Å²) >= 11 is 5.93. The first-order chi connectivity index (χ1) is 7.88. The zero-order valence-corrected chi connectivity index (χ0v) is 11.5. The molecular weight excluding hydrogens is 236 g/mol. The molecule has 1 aromatic rings. The second kappa shape index (κ2) is 5.52.